The van der Waals surface area contributed by atoms with Crippen LogP contribution >= 0.6 is 0 Å². The number of halogens is 1. The molecule has 1 aliphatic rings. The average Bonchev–Trinajstić information content (AvgIpc) is 3.57. The number of primary amides is 1. The van der Waals surface area contributed by atoms with Gasteiger partial charge >= 0.3 is 0 Å². The first-order chi connectivity index (χ1) is 15.2. The number of hydrogen-bond donors (Lipinski definition) is 2. The highest BCUT2D eigenvalue weighted by Gasteiger charge is 2.34. The molecule has 1 saturated carbocycles. The first-order valence-electron chi connectivity index (χ1n) is 11.0. The molecule has 1 aromatic carbocycles. The maximum atomic E-state index is 14.5. The molecule has 0 radical (unpaired) electrons. The number of nitrogens with two attached hydrogens (primary N) is 1. The minimum Gasteiger partial charge on any atom is -0.366 e. The molecule has 1 aromatic heterocycles. The Hall–Kier alpha value is -2.87. The fourth-order valence-corrected chi connectivity index (χ4v) is 3.98. The van der Waals surface area contributed by atoms with Gasteiger partial charge in [-0.05, 0) is 81.8 Å². The van der Waals surface area contributed by atoms with Crippen LogP contribution in [0.25, 0.3) is 0 Å². The van der Waals surface area contributed by atoms with E-state index in [-0.39, 0.29) is 23.4 Å². The Balaban J connectivity index is 1.63. The van der Waals surface area contributed by atoms with Crippen molar-refractivity contribution in [2.45, 2.75) is 51.5 Å². The van der Waals surface area contributed by atoms with Gasteiger partial charge in [0, 0.05) is 31.4 Å². The van der Waals surface area contributed by atoms with E-state index in [1.807, 2.05) is 38.3 Å². The molecule has 172 valence electrons. The second-order valence-electron chi connectivity index (χ2n) is 8.91. The van der Waals surface area contributed by atoms with Gasteiger partial charge in [-0.15, -0.1) is 0 Å². The van der Waals surface area contributed by atoms with Crippen molar-refractivity contribution < 1.29 is 14.0 Å². The zero-order valence-corrected chi connectivity index (χ0v) is 19.2. The van der Waals surface area contributed by atoms with Crippen molar-refractivity contribution in [2.24, 2.45) is 11.7 Å². The Bertz CT molecular complexity index is 973. The lowest BCUT2D eigenvalue weighted by atomic mass is 9.92. The maximum Gasteiger partial charge on any atom is 0.251 e. The SMILES string of the molecule is Cc1ncc([C@@H](CC(=O)NC[C@H](Cc2ccc(C(N)=O)c(F)c2C)N(C)C)C2CC2)cn1. The molecule has 1 heterocycles. The van der Waals surface area contributed by atoms with Crippen molar-refractivity contribution in [3.63, 3.8) is 0 Å². The lowest BCUT2D eigenvalue weighted by Gasteiger charge is -2.26. The van der Waals surface area contributed by atoms with E-state index in [0.717, 1.165) is 29.8 Å². The van der Waals surface area contributed by atoms with Gasteiger partial charge in [-0.25, -0.2) is 14.4 Å². The highest BCUT2D eigenvalue weighted by molar-refractivity contribution is 5.93. The number of carbonyl (C=O) groups is 2. The van der Waals surface area contributed by atoms with E-state index in [1.54, 1.807) is 13.0 Å². The lowest BCUT2D eigenvalue weighted by Crippen LogP contribution is -2.42. The van der Waals surface area contributed by atoms with Crippen molar-refractivity contribution in [1.82, 2.24) is 20.2 Å². The number of nitrogens with zero attached hydrogens (tertiary/aromatic N) is 3. The van der Waals surface area contributed by atoms with E-state index in [0.29, 0.717) is 30.9 Å². The van der Waals surface area contributed by atoms with E-state index in [1.165, 1.54) is 6.07 Å². The van der Waals surface area contributed by atoms with E-state index in [9.17, 15) is 14.0 Å². The van der Waals surface area contributed by atoms with Crippen LogP contribution in [0.2, 0.25) is 0 Å². The molecule has 3 rings (SSSR count). The normalized spacial score (nSPS) is 15.4. The number of benzene rings is 1. The van der Waals surface area contributed by atoms with Crippen molar-refractivity contribution in [2.75, 3.05) is 20.6 Å². The maximum absolute atomic E-state index is 14.5. The third-order valence-electron chi connectivity index (χ3n) is 6.31. The molecule has 2 amide bonds. The molecule has 2 aromatic rings. The van der Waals surface area contributed by atoms with Crippen LogP contribution in [0, 0.1) is 25.6 Å². The molecule has 0 spiro atoms. The zero-order valence-electron chi connectivity index (χ0n) is 19.2. The highest BCUT2D eigenvalue weighted by Crippen LogP contribution is 2.44. The van der Waals surface area contributed by atoms with Crippen molar-refractivity contribution in [1.29, 1.82) is 0 Å². The molecule has 0 bridgehead atoms. The smallest absolute Gasteiger partial charge is 0.251 e. The average molecular weight is 442 g/mol. The number of amides is 2. The summed E-state index contributed by atoms with van der Waals surface area (Å²) in [6.07, 6.45) is 6.84. The second-order valence-corrected chi connectivity index (χ2v) is 8.91. The lowest BCUT2D eigenvalue weighted by molar-refractivity contribution is -0.121. The molecule has 7 nitrogen and oxygen atoms in total. The molecular weight excluding hydrogens is 409 g/mol. The Kier molecular flexibility index (Phi) is 7.56. The minimum atomic E-state index is -0.780. The topological polar surface area (TPSA) is 101 Å². The van der Waals surface area contributed by atoms with E-state index >= 15 is 0 Å². The van der Waals surface area contributed by atoms with Crippen LogP contribution in [0.15, 0.2) is 24.5 Å². The Morgan fingerprint density at radius 2 is 1.88 bits per heavy atom. The number of hydrogen-bond acceptors (Lipinski definition) is 5. The largest absolute Gasteiger partial charge is 0.366 e. The molecule has 0 aliphatic heterocycles. The summed E-state index contributed by atoms with van der Waals surface area (Å²) in [5, 5.41) is 3.05. The van der Waals surface area contributed by atoms with Crippen LogP contribution in [0.1, 0.15) is 58.1 Å². The predicted molar refractivity (Wildman–Crippen MR) is 121 cm³/mol. The van der Waals surface area contributed by atoms with E-state index < -0.39 is 11.7 Å². The third-order valence-corrected chi connectivity index (χ3v) is 6.31. The zero-order chi connectivity index (χ0) is 23.4. The van der Waals surface area contributed by atoms with E-state index in [2.05, 4.69) is 15.3 Å². The Morgan fingerprint density at radius 3 is 2.44 bits per heavy atom. The first-order valence-corrected chi connectivity index (χ1v) is 11.0. The van der Waals surface area contributed by atoms with Crippen LogP contribution in [-0.2, 0) is 11.2 Å². The summed E-state index contributed by atoms with van der Waals surface area (Å²) in [7, 11) is 3.86. The molecule has 0 unspecified atom stereocenters. The van der Waals surface area contributed by atoms with Gasteiger partial charge in [0.15, 0.2) is 0 Å². The number of aromatic nitrogens is 2. The summed E-state index contributed by atoms with van der Waals surface area (Å²) < 4.78 is 14.5. The molecular formula is C24H32FN5O2. The predicted octanol–water partition coefficient (Wildman–Crippen LogP) is 2.50. The Labute approximate surface area is 188 Å². The summed E-state index contributed by atoms with van der Waals surface area (Å²) in [5.74, 6) is -0.0162. The van der Waals surface area contributed by atoms with Gasteiger partial charge in [-0.2, -0.15) is 0 Å². The number of rotatable bonds is 10. The second kappa shape index (κ2) is 10.2. The summed E-state index contributed by atoms with van der Waals surface area (Å²) in [5.41, 5.74) is 7.34. The summed E-state index contributed by atoms with van der Waals surface area (Å²) in [4.78, 5) is 34.7. The van der Waals surface area contributed by atoms with Crippen molar-refractivity contribution in [3.8, 4) is 0 Å². The number of aryl methyl sites for hydroxylation is 1. The highest BCUT2D eigenvalue weighted by atomic mass is 19.1. The van der Waals surface area contributed by atoms with Crippen LogP contribution in [0.4, 0.5) is 4.39 Å². The molecule has 1 aliphatic carbocycles. The molecule has 2 atom stereocenters. The van der Waals surface area contributed by atoms with Gasteiger partial charge in [0.05, 0.1) is 5.56 Å². The number of likely N-dealkylation sites (N-methyl/N-ethyl adjacent to an activating group) is 1. The monoisotopic (exact) mass is 441 g/mol. The fraction of sp³-hybridized carbons (Fsp3) is 0.500. The van der Waals surface area contributed by atoms with Crippen molar-refractivity contribution >= 4 is 11.8 Å². The van der Waals surface area contributed by atoms with Crippen LogP contribution < -0.4 is 11.1 Å². The van der Waals surface area contributed by atoms with E-state index in [4.69, 9.17) is 5.73 Å². The minimum absolute atomic E-state index is 0.0127. The molecule has 3 N–H and O–H groups in total. The summed E-state index contributed by atoms with van der Waals surface area (Å²) >= 11 is 0. The third kappa shape index (κ3) is 5.88. The first kappa shape index (κ1) is 23.8. The van der Waals surface area contributed by atoms with Gasteiger partial charge in [-0.3, -0.25) is 9.59 Å². The number of nitrogens with one attached hydrogen (secondary N) is 1. The van der Waals surface area contributed by atoms with Crippen molar-refractivity contribution in [3.05, 3.63) is 58.4 Å². The number of carbonyl (C=O) groups excluding carboxylic acids is 2. The molecule has 1 fully saturated rings. The van der Waals surface area contributed by atoms with Gasteiger partial charge in [0.2, 0.25) is 5.91 Å². The van der Waals surface area contributed by atoms with Gasteiger partial charge in [0.25, 0.3) is 5.91 Å². The summed E-state index contributed by atoms with van der Waals surface area (Å²) in [6, 6.07) is 3.13. The standard InChI is InChI=1S/C24H32FN5O2/c1-14-17(7-8-20(23(14)25)24(26)32)9-19(30(3)4)13-29-22(31)10-21(16-5-6-16)18-11-27-15(2)28-12-18/h7-8,11-12,16,19,21H,5-6,9-10,13H2,1-4H3,(H2,26,32)(H,29,31)/t19-,21-/m0/s1. The van der Waals surface area contributed by atoms with Crippen LogP contribution in [0.5, 0.6) is 0 Å². The summed E-state index contributed by atoms with van der Waals surface area (Å²) in [6.45, 7) is 3.93. The fourth-order valence-electron chi connectivity index (χ4n) is 3.98. The molecule has 0 saturated heterocycles. The van der Waals surface area contributed by atoms with Crippen LogP contribution in [-0.4, -0.2) is 53.4 Å². The molecule has 32 heavy (non-hydrogen) atoms. The molecule has 8 heteroatoms. The quantitative estimate of drug-likeness (QED) is 0.590. The Morgan fingerprint density at radius 1 is 1.22 bits per heavy atom. The van der Waals surface area contributed by atoms with Gasteiger partial charge in [0.1, 0.15) is 11.6 Å². The van der Waals surface area contributed by atoms with Crippen LogP contribution in [0.3, 0.4) is 0 Å². The van der Waals surface area contributed by atoms with Gasteiger partial charge < -0.3 is 16.0 Å². The van der Waals surface area contributed by atoms with Gasteiger partial charge in [-0.1, -0.05) is 6.07 Å².